The predicted molar refractivity (Wildman–Crippen MR) is 112 cm³/mol. The number of hydrogen-bond donors (Lipinski definition) is 1. The normalized spacial score (nSPS) is 13.2. The van der Waals surface area contributed by atoms with E-state index in [1.54, 1.807) is 18.3 Å². The van der Waals surface area contributed by atoms with Crippen molar-refractivity contribution in [1.29, 1.82) is 0 Å². The third-order valence-corrected chi connectivity index (χ3v) is 5.70. The van der Waals surface area contributed by atoms with Crippen molar-refractivity contribution < 1.29 is 9.18 Å². The van der Waals surface area contributed by atoms with Gasteiger partial charge in [0.15, 0.2) is 0 Å². The Balaban J connectivity index is 1.58. The number of benzene rings is 1. The topological polar surface area (TPSA) is 46.9 Å². The van der Waals surface area contributed by atoms with Gasteiger partial charge in [0.2, 0.25) is 0 Å². The summed E-state index contributed by atoms with van der Waals surface area (Å²) in [6.07, 6.45) is 6.77. The highest BCUT2D eigenvalue weighted by molar-refractivity contribution is 5.95. The fourth-order valence-corrected chi connectivity index (χ4v) is 4.25. The van der Waals surface area contributed by atoms with Gasteiger partial charge in [-0.25, -0.2) is 4.39 Å². The first-order valence-electron chi connectivity index (χ1n) is 10.3. The smallest absolute Gasteiger partial charge is 0.268 e. The minimum atomic E-state index is -0.244. The molecule has 1 amide bonds. The van der Waals surface area contributed by atoms with E-state index in [0.717, 1.165) is 48.2 Å². The molecule has 0 unspecified atom stereocenters. The lowest BCUT2D eigenvalue weighted by atomic mass is 9.95. The summed E-state index contributed by atoms with van der Waals surface area (Å²) in [7, 11) is 0. The molecule has 0 fully saturated rings. The van der Waals surface area contributed by atoms with Crippen LogP contribution in [0.4, 0.5) is 4.39 Å². The number of rotatable bonds is 6. The maximum atomic E-state index is 13.3. The number of hydrogen-bond acceptors (Lipinski definition) is 2. The fraction of sp³-hybridized carbons (Fsp3) is 0.333. The number of fused-ring (bicyclic) bond motifs is 1. The zero-order valence-corrected chi connectivity index (χ0v) is 16.7. The molecule has 1 aliphatic rings. The molecule has 4 nitrogen and oxygen atoms in total. The minimum absolute atomic E-state index is 0.0463. The SMILES string of the molecule is Cc1c2c(n(Cc3ccc(F)cc3)c1C(=O)NCCc1ccccn1)CCCC2. The highest BCUT2D eigenvalue weighted by atomic mass is 19.1. The first-order chi connectivity index (χ1) is 14.1. The quantitative estimate of drug-likeness (QED) is 0.684. The van der Waals surface area contributed by atoms with Gasteiger partial charge in [-0.3, -0.25) is 9.78 Å². The van der Waals surface area contributed by atoms with Crippen LogP contribution in [0.15, 0.2) is 48.7 Å². The van der Waals surface area contributed by atoms with Gasteiger partial charge in [-0.1, -0.05) is 18.2 Å². The lowest BCUT2D eigenvalue weighted by Crippen LogP contribution is -2.29. The summed E-state index contributed by atoms with van der Waals surface area (Å²) in [6.45, 7) is 3.18. The van der Waals surface area contributed by atoms with Crippen molar-refractivity contribution >= 4 is 5.91 Å². The zero-order chi connectivity index (χ0) is 20.2. The number of carbonyl (C=O) groups excluding carboxylic acids is 1. The highest BCUT2D eigenvalue weighted by Gasteiger charge is 2.26. The Labute approximate surface area is 170 Å². The van der Waals surface area contributed by atoms with E-state index < -0.39 is 0 Å². The van der Waals surface area contributed by atoms with Gasteiger partial charge in [-0.05, 0) is 73.6 Å². The number of carbonyl (C=O) groups is 1. The summed E-state index contributed by atoms with van der Waals surface area (Å²) in [5.74, 6) is -0.290. The van der Waals surface area contributed by atoms with Crippen LogP contribution in [-0.2, 0) is 25.8 Å². The third kappa shape index (κ3) is 4.24. The first kappa shape index (κ1) is 19.4. The van der Waals surface area contributed by atoms with E-state index >= 15 is 0 Å². The van der Waals surface area contributed by atoms with Gasteiger partial charge in [-0.15, -0.1) is 0 Å². The molecule has 0 saturated carbocycles. The second-order valence-electron chi connectivity index (χ2n) is 7.65. The molecule has 0 radical (unpaired) electrons. The van der Waals surface area contributed by atoms with E-state index in [-0.39, 0.29) is 11.7 Å². The van der Waals surface area contributed by atoms with Gasteiger partial charge in [0.25, 0.3) is 5.91 Å². The second kappa shape index (κ2) is 8.60. The fourth-order valence-electron chi connectivity index (χ4n) is 4.25. The molecule has 3 aromatic rings. The van der Waals surface area contributed by atoms with E-state index in [1.807, 2.05) is 18.2 Å². The van der Waals surface area contributed by atoms with E-state index in [0.29, 0.717) is 19.5 Å². The zero-order valence-electron chi connectivity index (χ0n) is 16.7. The van der Waals surface area contributed by atoms with E-state index in [2.05, 4.69) is 21.8 Å². The van der Waals surface area contributed by atoms with Crippen LogP contribution in [0, 0.1) is 12.7 Å². The molecule has 2 aromatic heterocycles. The Morgan fingerprint density at radius 3 is 2.69 bits per heavy atom. The maximum Gasteiger partial charge on any atom is 0.268 e. The first-order valence-corrected chi connectivity index (χ1v) is 10.3. The average molecular weight is 391 g/mol. The molecule has 1 aliphatic carbocycles. The number of nitrogens with zero attached hydrogens (tertiary/aromatic N) is 2. The van der Waals surface area contributed by atoms with Crippen molar-refractivity contribution in [3.8, 4) is 0 Å². The number of nitrogens with one attached hydrogen (secondary N) is 1. The molecule has 0 bridgehead atoms. The number of pyridine rings is 1. The van der Waals surface area contributed by atoms with Gasteiger partial charge in [0.1, 0.15) is 11.5 Å². The average Bonchev–Trinajstić information content (AvgIpc) is 3.02. The van der Waals surface area contributed by atoms with E-state index in [1.165, 1.54) is 23.4 Å². The molecule has 1 aromatic carbocycles. The standard InChI is InChI=1S/C24H26FN3O/c1-17-21-7-2-3-8-22(21)28(16-18-9-11-19(25)12-10-18)23(17)24(29)27-15-13-20-6-4-5-14-26-20/h4-6,9-12,14H,2-3,7-8,13,15-16H2,1H3,(H,27,29). The predicted octanol–water partition coefficient (Wildman–Crippen LogP) is 4.23. The molecule has 0 atom stereocenters. The van der Waals surface area contributed by atoms with Gasteiger partial charge in [0, 0.05) is 37.1 Å². The molecule has 0 saturated heterocycles. The van der Waals surface area contributed by atoms with Crippen LogP contribution >= 0.6 is 0 Å². The van der Waals surface area contributed by atoms with Crippen molar-refractivity contribution in [3.63, 3.8) is 0 Å². The van der Waals surface area contributed by atoms with E-state index in [9.17, 15) is 9.18 Å². The van der Waals surface area contributed by atoms with Crippen molar-refractivity contribution in [2.75, 3.05) is 6.54 Å². The largest absolute Gasteiger partial charge is 0.350 e. The lowest BCUT2D eigenvalue weighted by Gasteiger charge is -2.17. The molecular weight excluding hydrogens is 365 g/mol. The molecule has 150 valence electrons. The van der Waals surface area contributed by atoms with Crippen LogP contribution < -0.4 is 5.32 Å². The summed E-state index contributed by atoms with van der Waals surface area (Å²) < 4.78 is 15.5. The van der Waals surface area contributed by atoms with Gasteiger partial charge in [0.05, 0.1) is 0 Å². The van der Waals surface area contributed by atoms with Crippen LogP contribution in [0.3, 0.4) is 0 Å². The molecule has 29 heavy (non-hydrogen) atoms. The van der Waals surface area contributed by atoms with Crippen LogP contribution in [0.1, 0.15) is 51.4 Å². The minimum Gasteiger partial charge on any atom is -0.350 e. The maximum absolute atomic E-state index is 13.3. The lowest BCUT2D eigenvalue weighted by molar-refractivity contribution is 0.0944. The Hall–Kier alpha value is -2.95. The monoisotopic (exact) mass is 391 g/mol. The van der Waals surface area contributed by atoms with E-state index in [4.69, 9.17) is 0 Å². The molecule has 0 aliphatic heterocycles. The van der Waals surface area contributed by atoms with Crippen LogP contribution in [0.2, 0.25) is 0 Å². The number of aromatic nitrogens is 2. The summed E-state index contributed by atoms with van der Waals surface area (Å²) in [5, 5.41) is 3.07. The van der Waals surface area contributed by atoms with Gasteiger partial charge in [-0.2, -0.15) is 0 Å². The second-order valence-corrected chi connectivity index (χ2v) is 7.65. The van der Waals surface area contributed by atoms with Gasteiger partial charge < -0.3 is 9.88 Å². The summed E-state index contributed by atoms with van der Waals surface area (Å²) in [5.41, 5.74) is 6.35. The molecule has 2 heterocycles. The Morgan fingerprint density at radius 1 is 1.14 bits per heavy atom. The number of halogens is 1. The Bertz CT molecular complexity index is 993. The molecule has 1 N–H and O–H groups in total. The van der Waals surface area contributed by atoms with Crippen molar-refractivity contribution in [2.24, 2.45) is 0 Å². The van der Waals surface area contributed by atoms with Crippen molar-refractivity contribution in [3.05, 3.63) is 88.3 Å². The van der Waals surface area contributed by atoms with Crippen LogP contribution in [0.5, 0.6) is 0 Å². The Morgan fingerprint density at radius 2 is 1.93 bits per heavy atom. The highest BCUT2D eigenvalue weighted by Crippen LogP contribution is 2.30. The third-order valence-electron chi connectivity index (χ3n) is 5.70. The molecule has 0 spiro atoms. The summed E-state index contributed by atoms with van der Waals surface area (Å²) >= 11 is 0. The Kier molecular flexibility index (Phi) is 5.74. The molecule has 5 heteroatoms. The van der Waals surface area contributed by atoms with Crippen LogP contribution in [-0.4, -0.2) is 22.0 Å². The molecular formula is C24H26FN3O. The number of amides is 1. The summed E-state index contributed by atoms with van der Waals surface area (Å²) in [6, 6.07) is 12.3. The van der Waals surface area contributed by atoms with Crippen molar-refractivity contribution in [2.45, 2.75) is 45.6 Å². The van der Waals surface area contributed by atoms with Crippen molar-refractivity contribution in [1.82, 2.24) is 14.9 Å². The van der Waals surface area contributed by atoms with Crippen LogP contribution in [0.25, 0.3) is 0 Å². The summed E-state index contributed by atoms with van der Waals surface area (Å²) in [4.78, 5) is 17.4. The molecule has 4 rings (SSSR count). The van der Waals surface area contributed by atoms with Gasteiger partial charge >= 0.3 is 0 Å².